The molecule has 1 aromatic heterocycles. The van der Waals surface area contributed by atoms with Crippen molar-refractivity contribution in [1.82, 2.24) is 4.98 Å². The number of ether oxygens (including phenoxy) is 1. The van der Waals surface area contributed by atoms with Gasteiger partial charge in [0.1, 0.15) is 10.7 Å². The van der Waals surface area contributed by atoms with E-state index in [0.29, 0.717) is 0 Å². The molecule has 0 fully saturated rings. The van der Waals surface area contributed by atoms with Gasteiger partial charge in [-0.3, -0.25) is 4.79 Å². The molecule has 0 aliphatic carbocycles. The molecule has 1 aromatic rings. The number of carbonyl (C=O) groups excluding carboxylic acids is 1. The number of carbonyl (C=O) groups is 1. The molecule has 1 rings (SSSR count). The number of hydrogen-bond donors (Lipinski definition) is 0. The standard InChI is InChI=1S/C11H9ClF5NO2/c1-2-20-6(19)3-5-4-18-9(12)8(11(15,16)17)7(5)10(13)14/h4,10H,2-3H2,1H3. The van der Waals surface area contributed by atoms with Gasteiger partial charge < -0.3 is 4.74 Å². The molecule has 3 nitrogen and oxygen atoms in total. The van der Waals surface area contributed by atoms with Gasteiger partial charge in [0.15, 0.2) is 0 Å². The zero-order valence-electron chi connectivity index (χ0n) is 10.1. The highest BCUT2D eigenvalue weighted by Crippen LogP contribution is 2.41. The molecule has 0 unspecified atom stereocenters. The molecule has 0 spiro atoms. The molecule has 0 bridgehead atoms. The lowest BCUT2D eigenvalue weighted by Crippen LogP contribution is -2.16. The number of aromatic nitrogens is 1. The Kier molecular flexibility index (Phi) is 5.27. The van der Waals surface area contributed by atoms with Crippen molar-refractivity contribution in [2.75, 3.05) is 6.61 Å². The van der Waals surface area contributed by atoms with E-state index in [-0.39, 0.29) is 6.61 Å². The van der Waals surface area contributed by atoms with Crippen LogP contribution in [0.4, 0.5) is 22.0 Å². The molecular formula is C11H9ClF5NO2. The predicted octanol–water partition coefficient (Wildman–Crippen LogP) is 3.80. The molecule has 0 saturated carbocycles. The van der Waals surface area contributed by atoms with Crippen molar-refractivity contribution in [2.45, 2.75) is 25.9 Å². The minimum absolute atomic E-state index is 0.0179. The summed E-state index contributed by atoms with van der Waals surface area (Å²) in [5, 5.41) is -1.08. The maximum absolute atomic E-state index is 12.9. The number of pyridine rings is 1. The van der Waals surface area contributed by atoms with Crippen LogP contribution in [0.3, 0.4) is 0 Å². The summed E-state index contributed by atoms with van der Waals surface area (Å²) in [5.41, 5.74) is -3.63. The van der Waals surface area contributed by atoms with Gasteiger partial charge in [-0.1, -0.05) is 11.6 Å². The normalized spacial score (nSPS) is 11.8. The van der Waals surface area contributed by atoms with Crippen molar-refractivity contribution >= 4 is 17.6 Å². The maximum Gasteiger partial charge on any atom is 0.419 e. The zero-order valence-corrected chi connectivity index (χ0v) is 10.9. The Morgan fingerprint density at radius 3 is 2.50 bits per heavy atom. The highest BCUT2D eigenvalue weighted by Gasteiger charge is 2.40. The van der Waals surface area contributed by atoms with Gasteiger partial charge in [-0.25, -0.2) is 13.8 Å². The highest BCUT2D eigenvalue weighted by molar-refractivity contribution is 6.30. The Bertz CT molecular complexity index is 504. The van der Waals surface area contributed by atoms with Gasteiger partial charge in [0.2, 0.25) is 0 Å². The van der Waals surface area contributed by atoms with Crippen LogP contribution in [0.1, 0.15) is 30.0 Å². The average Bonchev–Trinajstić information content (AvgIpc) is 2.29. The molecule has 0 N–H and O–H groups in total. The molecule has 9 heteroatoms. The van der Waals surface area contributed by atoms with Crippen LogP contribution in [0.25, 0.3) is 0 Å². The van der Waals surface area contributed by atoms with Gasteiger partial charge in [0.25, 0.3) is 6.43 Å². The third kappa shape index (κ3) is 3.78. The van der Waals surface area contributed by atoms with Crippen LogP contribution in [-0.2, 0) is 22.1 Å². The van der Waals surface area contributed by atoms with E-state index >= 15 is 0 Å². The lowest BCUT2D eigenvalue weighted by atomic mass is 10.0. The fourth-order valence-electron chi connectivity index (χ4n) is 1.57. The van der Waals surface area contributed by atoms with Crippen LogP contribution >= 0.6 is 11.6 Å². The fraction of sp³-hybridized carbons (Fsp3) is 0.455. The van der Waals surface area contributed by atoms with Crippen LogP contribution in [0, 0.1) is 0 Å². The minimum Gasteiger partial charge on any atom is -0.466 e. The molecule has 0 aliphatic rings. The largest absolute Gasteiger partial charge is 0.466 e. The van der Waals surface area contributed by atoms with Gasteiger partial charge in [-0.15, -0.1) is 0 Å². The Morgan fingerprint density at radius 1 is 1.45 bits per heavy atom. The summed E-state index contributed by atoms with van der Waals surface area (Å²) in [7, 11) is 0. The summed E-state index contributed by atoms with van der Waals surface area (Å²) in [6.07, 6.45) is -8.56. The Morgan fingerprint density at radius 2 is 2.05 bits per heavy atom. The molecule has 0 aliphatic heterocycles. The maximum atomic E-state index is 12.9. The van der Waals surface area contributed by atoms with Crippen molar-refractivity contribution < 1.29 is 31.5 Å². The highest BCUT2D eigenvalue weighted by atomic mass is 35.5. The van der Waals surface area contributed by atoms with Gasteiger partial charge in [0.05, 0.1) is 13.0 Å². The monoisotopic (exact) mass is 317 g/mol. The van der Waals surface area contributed by atoms with E-state index in [4.69, 9.17) is 11.6 Å². The van der Waals surface area contributed by atoms with Crippen molar-refractivity contribution in [3.8, 4) is 0 Å². The Balaban J connectivity index is 3.36. The molecule has 0 aromatic carbocycles. The first-order valence-electron chi connectivity index (χ1n) is 5.36. The number of nitrogens with zero attached hydrogens (tertiary/aromatic N) is 1. The Labute approximate surface area is 115 Å². The topological polar surface area (TPSA) is 39.2 Å². The molecule has 112 valence electrons. The van der Waals surface area contributed by atoms with E-state index in [1.807, 2.05) is 0 Å². The average molecular weight is 318 g/mol. The predicted molar refractivity (Wildman–Crippen MR) is 59.5 cm³/mol. The number of esters is 1. The first kappa shape index (κ1) is 16.6. The summed E-state index contributed by atoms with van der Waals surface area (Å²) in [6.45, 7) is 1.46. The lowest BCUT2D eigenvalue weighted by Gasteiger charge is -2.16. The van der Waals surface area contributed by atoms with E-state index in [1.54, 1.807) is 0 Å². The number of rotatable bonds is 4. The van der Waals surface area contributed by atoms with E-state index in [2.05, 4.69) is 9.72 Å². The number of halogens is 6. The fourth-order valence-corrected chi connectivity index (χ4v) is 1.83. The molecule has 1 heterocycles. The molecule has 0 radical (unpaired) electrons. The molecule has 0 saturated heterocycles. The van der Waals surface area contributed by atoms with Crippen molar-refractivity contribution in [3.63, 3.8) is 0 Å². The summed E-state index contributed by atoms with van der Waals surface area (Å²) in [4.78, 5) is 14.4. The van der Waals surface area contributed by atoms with Crippen LogP contribution in [0.15, 0.2) is 6.20 Å². The third-order valence-electron chi connectivity index (χ3n) is 2.30. The van der Waals surface area contributed by atoms with E-state index < -0.39 is 46.8 Å². The molecular weight excluding hydrogens is 309 g/mol. The quantitative estimate of drug-likeness (QED) is 0.482. The van der Waals surface area contributed by atoms with Crippen molar-refractivity contribution in [3.05, 3.63) is 28.0 Å². The second-order valence-corrected chi connectivity index (χ2v) is 4.00. The molecule has 20 heavy (non-hydrogen) atoms. The zero-order chi connectivity index (χ0) is 15.5. The smallest absolute Gasteiger partial charge is 0.419 e. The first-order chi connectivity index (χ1) is 9.18. The molecule has 0 amide bonds. The second kappa shape index (κ2) is 6.34. The van der Waals surface area contributed by atoms with Crippen LogP contribution in [0.5, 0.6) is 0 Å². The summed E-state index contributed by atoms with van der Waals surface area (Å²) >= 11 is 5.25. The SMILES string of the molecule is CCOC(=O)Cc1cnc(Cl)c(C(F)(F)F)c1C(F)F. The second-order valence-electron chi connectivity index (χ2n) is 3.64. The summed E-state index contributed by atoms with van der Waals surface area (Å²) < 4.78 is 68.6. The van der Waals surface area contributed by atoms with Crippen LogP contribution in [-0.4, -0.2) is 17.6 Å². The van der Waals surface area contributed by atoms with Crippen LogP contribution in [0.2, 0.25) is 5.15 Å². The first-order valence-corrected chi connectivity index (χ1v) is 5.74. The summed E-state index contributed by atoms with van der Waals surface area (Å²) in [6, 6.07) is 0. The number of hydrogen-bond acceptors (Lipinski definition) is 3. The lowest BCUT2D eigenvalue weighted by molar-refractivity contribution is -0.143. The Hall–Kier alpha value is -1.44. The molecule has 0 atom stereocenters. The van der Waals surface area contributed by atoms with E-state index in [9.17, 15) is 26.7 Å². The van der Waals surface area contributed by atoms with Crippen LogP contribution < -0.4 is 0 Å². The minimum atomic E-state index is -5.10. The van der Waals surface area contributed by atoms with Crippen molar-refractivity contribution in [2.24, 2.45) is 0 Å². The number of alkyl halides is 5. The van der Waals surface area contributed by atoms with Gasteiger partial charge in [-0.05, 0) is 12.5 Å². The van der Waals surface area contributed by atoms with Gasteiger partial charge in [0, 0.05) is 11.8 Å². The summed E-state index contributed by atoms with van der Waals surface area (Å²) in [5.74, 6) is -0.924. The van der Waals surface area contributed by atoms with Crippen molar-refractivity contribution in [1.29, 1.82) is 0 Å². The van der Waals surface area contributed by atoms with E-state index in [0.717, 1.165) is 6.20 Å². The third-order valence-corrected chi connectivity index (χ3v) is 2.58. The van der Waals surface area contributed by atoms with E-state index in [1.165, 1.54) is 6.92 Å². The van der Waals surface area contributed by atoms with Gasteiger partial charge in [-0.2, -0.15) is 13.2 Å². The van der Waals surface area contributed by atoms with Gasteiger partial charge >= 0.3 is 12.1 Å².